The van der Waals surface area contributed by atoms with Crippen LogP contribution < -0.4 is 0 Å². The van der Waals surface area contributed by atoms with E-state index >= 15 is 0 Å². The third kappa shape index (κ3) is 3.60. The highest BCUT2D eigenvalue weighted by Gasteiger charge is 2.18. The van der Waals surface area contributed by atoms with Crippen LogP contribution in [0.15, 0.2) is 66.9 Å². The molecule has 1 amide bonds. The van der Waals surface area contributed by atoms with Gasteiger partial charge in [-0.25, -0.2) is 0 Å². The van der Waals surface area contributed by atoms with Crippen molar-refractivity contribution in [2.45, 2.75) is 6.42 Å². The topological polar surface area (TPSA) is 53.4 Å². The minimum absolute atomic E-state index is 0.0642. The van der Waals surface area contributed by atoms with Gasteiger partial charge in [0.15, 0.2) is 0 Å². The second-order valence-corrected chi connectivity index (χ2v) is 5.63. The predicted octanol–water partition coefficient (Wildman–Crippen LogP) is 2.91. The Bertz CT molecular complexity index is 813. The number of fused-ring (bicyclic) bond motifs is 1. The Balaban J connectivity index is 1.83. The summed E-state index contributed by atoms with van der Waals surface area (Å²) < 4.78 is 0. The van der Waals surface area contributed by atoms with Crippen LogP contribution in [0.2, 0.25) is 0 Å². The van der Waals surface area contributed by atoms with Crippen LogP contribution in [0.4, 0.5) is 0 Å². The van der Waals surface area contributed by atoms with Gasteiger partial charge < -0.3 is 10.0 Å². The first-order chi connectivity index (χ1) is 11.8. The summed E-state index contributed by atoms with van der Waals surface area (Å²) in [4.78, 5) is 18.9. The number of carbonyl (C=O) groups excluding carboxylic acids is 1. The number of aromatic nitrogens is 1. The first-order valence-electron chi connectivity index (χ1n) is 8.07. The zero-order chi connectivity index (χ0) is 16.8. The Morgan fingerprint density at radius 3 is 2.50 bits per heavy atom. The summed E-state index contributed by atoms with van der Waals surface area (Å²) in [5.74, 6) is -0.142. The van der Waals surface area contributed by atoms with Crippen molar-refractivity contribution in [2.24, 2.45) is 0 Å². The molecule has 0 saturated heterocycles. The minimum atomic E-state index is -0.142. The highest BCUT2D eigenvalue weighted by Crippen LogP contribution is 2.18. The van der Waals surface area contributed by atoms with Gasteiger partial charge in [0, 0.05) is 24.7 Å². The molecule has 3 aromatic rings. The summed E-state index contributed by atoms with van der Waals surface area (Å²) in [6.07, 6.45) is 2.40. The number of rotatable bonds is 6. The van der Waals surface area contributed by atoms with E-state index in [-0.39, 0.29) is 12.5 Å². The lowest BCUT2D eigenvalue weighted by molar-refractivity contribution is 0.0720. The molecule has 0 aliphatic heterocycles. The second-order valence-electron chi connectivity index (χ2n) is 5.63. The first-order valence-corrected chi connectivity index (χ1v) is 8.07. The van der Waals surface area contributed by atoms with Crippen molar-refractivity contribution in [1.29, 1.82) is 0 Å². The molecule has 0 aliphatic rings. The number of aliphatic hydroxyl groups excluding tert-OH is 1. The van der Waals surface area contributed by atoms with E-state index in [0.717, 1.165) is 17.2 Å². The van der Waals surface area contributed by atoms with Gasteiger partial charge in [-0.3, -0.25) is 9.78 Å². The Kier molecular flexibility index (Phi) is 5.18. The van der Waals surface area contributed by atoms with E-state index in [1.165, 1.54) is 5.56 Å². The number of hydrogen-bond acceptors (Lipinski definition) is 3. The zero-order valence-electron chi connectivity index (χ0n) is 13.4. The molecule has 0 unspecified atom stereocenters. The van der Waals surface area contributed by atoms with Gasteiger partial charge in [-0.05, 0) is 23.4 Å². The largest absolute Gasteiger partial charge is 0.395 e. The van der Waals surface area contributed by atoms with E-state index in [2.05, 4.69) is 4.98 Å². The molecule has 1 heterocycles. The van der Waals surface area contributed by atoms with Gasteiger partial charge in [-0.15, -0.1) is 0 Å². The lowest BCUT2D eigenvalue weighted by atomic mass is 10.1. The van der Waals surface area contributed by atoms with Crippen molar-refractivity contribution in [3.63, 3.8) is 0 Å². The molecule has 0 fully saturated rings. The van der Waals surface area contributed by atoms with Gasteiger partial charge in [-0.1, -0.05) is 54.6 Å². The molecular weight excluding hydrogens is 300 g/mol. The highest BCUT2D eigenvalue weighted by molar-refractivity contribution is 6.05. The average Bonchev–Trinajstić information content (AvgIpc) is 2.65. The number of aliphatic hydroxyl groups is 1. The molecule has 122 valence electrons. The molecule has 1 aromatic heterocycles. The van der Waals surface area contributed by atoms with E-state index in [4.69, 9.17) is 0 Å². The fraction of sp³-hybridized carbons (Fsp3) is 0.200. The quantitative estimate of drug-likeness (QED) is 0.760. The van der Waals surface area contributed by atoms with Gasteiger partial charge in [-0.2, -0.15) is 0 Å². The minimum Gasteiger partial charge on any atom is -0.395 e. The van der Waals surface area contributed by atoms with Crippen LogP contribution >= 0.6 is 0 Å². The molecule has 24 heavy (non-hydrogen) atoms. The third-order valence-electron chi connectivity index (χ3n) is 4.05. The zero-order valence-corrected chi connectivity index (χ0v) is 13.4. The Labute approximate surface area is 141 Å². The molecule has 0 bridgehead atoms. The monoisotopic (exact) mass is 320 g/mol. The highest BCUT2D eigenvalue weighted by atomic mass is 16.3. The van der Waals surface area contributed by atoms with E-state index in [1.54, 1.807) is 11.1 Å². The van der Waals surface area contributed by atoms with E-state index in [0.29, 0.717) is 18.8 Å². The molecule has 0 atom stereocenters. The summed E-state index contributed by atoms with van der Waals surface area (Å²) in [5, 5.41) is 11.2. The molecule has 2 aromatic carbocycles. The van der Waals surface area contributed by atoms with Crippen molar-refractivity contribution < 1.29 is 9.90 Å². The number of benzene rings is 2. The maximum absolute atomic E-state index is 12.9. The van der Waals surface area contributed by atoms with Crippen LogP contribution in [0.25, 0.3) is 10.8 Å². The summed E-state index contributed by atoms with van der Waals surface area (Å²) in [6, 6.07) is 19.6. The van der Waals surface area contributed by atoms with Crippen molar-refractivity contribution in [3.8, 4) is 0 Å². The van der Waals surface area contributed by atoms with Gasteiger partial charge in [0.05, 0.1) is 6.61 Å². The number of nitrogens with zero attached hydrogens (tertiary/aromatic N) is 2. The number of carbonyl (C=O) groups is 1. The summed E-state index contributed by atoms with van der Waals surface area (Å²) >= 11 is 0. The maximum Gasteiger partial charge on any atom is 0.273 e. The van der Waals surface area contributed by atoms with E-state index < -0.39 is 0 Å². The lowest BCUT2D eigenvalue weighted by Gasteiger charge is -2.22. The van der Waals surface area contributed by atoms with Gasteiger partial charge in [0.1, 0.15) is 5.69 Å². The van der Waals surface area contributed by atoms with Crippen LogP contribution in [-0.4, -0.2) is 40.6 Å². The summed E-state index contributed by atoms with van der Waals surface area (Å²) in [5.41, 5.74) is 1.61. The van der Waals surface area contributed by atoms with E-state index in [9.17, 15) is 9.90 Å². The van der Waals surface area contributed by atoms with Crippen LogP contribution in [0.5, 0.6) is 0 Å². The Hall–Kier alpha value is -2.72. The lowest BCUT2D eigenvalue weighted by Crippen LogP contribution is -2.36. The molecule has 0 radical (unpaired) electrons. The van der Waals surface area contributed by atoms with E-state index in [1.807, 2.05) is 60.7 Å². The molecule has 4 nitrogen and oxygen atoms in total. The fourth-order valence-corrected chi connectivity index (χ4v) is 2.78. The standard InChI is InChI=1S/C20H20N2O2/c23-15-14-22(13-11-16-6-2-1-3-7-16)20(24)19-18-9-5-4-8-17(18)10-12-21-19/h1-10,12,23H,11,13-15H2. The molecule has 0 aliphatic carbocycles. The average molecular weight is 320 g/mol. The third-order valence-corrected chi connectivity index (χ3v) is 4.05. The Morgan fingerprint density at radius 2 is 1.71 bits per heavy atom. The second kappa shape index (κ2) is 7.70. The van der Waals surface area contributed by atoms with Gasteiger partial charge >= 0.3 is 0 Å². The summed E-state index contributed by atoms with van der Waals surface area (Å²) in [7, 11) is 0. The van der Waals surface area contributed by atoms with Crippen molar-refractivity contribution in [2.75, 3.05) is 19.7 Å². The predicted molar refractivity (Wildman–Crippen MR) is 94.9 cm³/mol. The molecular formula is C20H20N2O2. The molecule has 0 saturated carbocycles. The SMILES string of the molecule is O=C(c1nccc2ccccc12)N(CCO)CCc1ccccc1. The van der Waals surface area contributed by atoms with Crippen molar-refractivity contribution in [1.82, 2.24) is 9.88 Å². The molecule has 4 heteroatoms. The molecule has 3 rings (SSSR count). The van der Waals surface area contributed by atoms with Crippen LogP contribution in [0, 0.1) is 0 Å². The summed E-state index contributed by atoms with van der Waals surface area (Å²) in [6.45, 7) is 0.788. The van der Waals surface area contributed by atoms with Crippen LogP contribution in [0.3, 0.4) is 0 Å². The first kappa shape index (κ1) is 16.1. The van der Waals surface area contributed by atoms with Gasteiger partial charge in [0.2, 0.25) is 0 Å². The van der Waals surface area contributed by atoms with Crippen LogP contribution in [0.1, 0.15) is 16.1 Å². The number of amides is 1. The van der Waals surface area contributed by atoms with Crippen molar-refractivity contribution in [3.05, 3.63) is 78.1 Å². The van der Waals surface area contributed by atoms with Crippen molar-refractivity contribution >= 4 is 16.7 Å². The number of pyridine rings is 1. The number of hydrogen-bond donors (Lipinski definition) is 1. The normalized spacial score (nSPS) is 10.7. The molecule has 0 spiro atoms. The van der Waals surface area contributed by atoms with Crippen LogP contribution in [-0.2, 0) is 6.42 Å². The van der Waals surface area contributed by atoms with Gasteiger partial charge in [0.25, 0.3) is 5.91 Å². The fourth-order valence-electron chi connectivity index (χ4n) is 2.78. The molecule has 1 N–H and O–H groups in total. The Morgan fingerprint density at radius 1 is 0.958 bits per heavy atom. The smallest absolute Gasteiger partial charge is 0.273 e. The maximum atomic E-state index is 12.9.